The summed E-state index contributed by atoms with van der Waals surface area (Å²) in [6.45, 7) is 0. The van der Waals surface area contributed by atoms with E-state index in [0.717, 1.165) is 50.0 Å². The monoisotopic (exact) mass is 747 g/mol. The first-order valence-corrected chi connectivity index (χ1v) is 20.3. The molecule has 3 nitrogen and oxygen atoms in total. The highest BCUT2D eigenvalue weighted by Gasteiger charge is 2.53. The summed E-state index contributed by atoms with van der Waals surface area (Å²) in [7, 11) is 0. The molecule has 0 amide bonds. The van der Waals surface area contributed by atoms with Gasteiger partial charge < -0.3 is 0 Å². The minimum absolute atomic E-state index is 0.533. The highest BCUT2D eigenvalue weighted by molar-refractivity contribution is 6.12. The Kier molecular flexibility index (Phi) is 6.65. The van der Waals surface area contributed by atoms with Gasteiger partial charge in [-0.3, -0.25) is 4.98 Å². The van der Waals surface area contributed by atoms with Crippen molar-refractivity contribution >= 4 is 43.5 Å². The zero-order valence-corrected chi connectivity index (χ0v) is 31.9. The molecule has 59 heavy (non-hydrogen) atoms. The van der Waals surface area contributed by atoms with Crippen LogP contribution in [0, 0.1) is 0 Å². The number of fused-ring (bicyclic) bond motifs is 15. The Balaban J connectivity index is 1.04. The predicted octanol–water partition coefficient (Wildman–Crippen LogP) is 13.8. The van der Waals surface area contributed by atoms with Crippen LogP contribution in [0.4, 0.5) is 0 Å². The molecule has 0 unspecified atom stereocenters. The van der Waals surface area contributed by atoms with Crippen molar-refractivity contribution in [2.24, 2.45) is 0 Å². The lowest BCUT2D eigenvalue weighted by Crippen LogP contribution is -2.26. The van der Waals surface area contributed by atoms with E-state index in [2.05, 4.69) is 175 Å². The van der Waals surface area contributed by atoms with Crippen LogP contribution in [0.1, 0.15) is 22.3 Å². The molecule has 2 aliphatic carbocycles. The van der Waals surface area contributed by atoms with Crippen LogP contribution in [0.25, 0.3) is 99.4 Å². The van der Waals surface area contributed by atoms with Crippen molar-refractivity contribution in [1.29, 1.82) is 0 Å². The summed E-state index contributed by atoms with van der Waals surface area (Å²) in [5.41, 5.74) is 18.9. The number of rotatable bonds is 3. The van der Waals surface area contributed by atoms with Crippen LogP contribution in [0.3, 0.4) is 0 Å². The Labute approximate surface area is 341 Å². The van der Waals surface area contributed by atoms with E-state index in [-0.39, 0.29) is 0 Å². The Morgan fingerprint density at radius 3 is 1.78 bits per heavy atom. The SMILES string of the molecule is c1ccc2c(c1)-c1ccccc1C21c2cc3ccc(-c4ccc(-c5cnc6ccccc6n5)cc4)cc3nc2-c2c1cc(-c1ccc3ccccc3c1)c1ccccc21. The average Bonchev–Trinajstić information content (AvgIpc) is 3.77. The summed E-state index contributed by atoms with van der Waals surface area (Å²) in [4.78, 5) is 15.2. The van der Waals surface area contributed by atoms with Crippen LogP contribution in [-0.4, -0.2) is 15.0 Å². The summed E-state index contributed by atoms with van der Waals surface area (Å²) >= 11 is 0. The maximum absolute atomic E-state index is 5.72. The summed E-state index contributed by atoms with van der Waals surface area (Å²) in [5.74, 6) is 0. The number of pyridine rings is 1. The van der Waals surface area contributed by atoms with Gasteiger partial charge in [-0.25, -0.2) is 9.97 Å². The quantitative estimate of drug-likeness (QED) is 0.181. The summed E-state index contributed by atoms with van der Waals surface area (Å²) in [5, 5.41) is 6.07. The van der Waals surface area contributed by atoms with Gasteiger partial charge >= 0.3 is 0 Å². The maximum atomic E-state index is 5.72. The predicted molar refractivity (Wildman–Crippen MR) is 242 cm³/mol. The van der Waals surface area contributed by atoms with Gasteiger partial charge in [0.25, 0.3) is 0 Å². The van der Waals surface area contributed by atoms with Crippen LogP contribution in [-0.2, 0) is 5.41 Å². The molecule has 2 aromatic heterocycles. The molecule has 0 N–H and O–H groups in total. The maximum Gasteiger partial charge on any atom is 0.0894 e. The topological polar surface area (TPSA) is 38.7 Å². The third-order valence-electron chi connectivity index (χ3n) is 12.9. The number of hydrogen-bond donors (Lipinski definition) is 0. The fraction of sp³-hybridized carbons (Fsp3) is 0.0179. The van der Waals surface area contributed by atoms with Gasteiger partial charge in [0, 0.05) is 16.5 Å². The lowest BCUT2D eigenvalue weighted by molar-refractivity contribution is 0.794. The van der Waals surface area contributed by atoms with Gasteiger partial charge in [-0.1, -0.05) is 158 Å². The molecule has 13 rings (SSSR count). The van der Waals surface area contributed by atoms with Crippen molar-refractivity contribution in [2.75, 3.05) is 0 Å². The van der Waals surface area contributed by atoms with E-state index < -0.39 is 5.41 Å². The summed E-state index contributed by atoms with van der Waals surface area (Å²) < 4.78 is 0. The van der Waals surface area contributed by atoms with Crippen molar-refractivity contribution in [3.8, 4) is 55.9 Å². The van der Waals surface area contributed by atoms with E-state index in [1.807, 2.05) is 30.5 Å². The van der Waals surface area contributed by atoms with Crippen molar-refractivity contribution in [3.05, 3.63) is 223 Å². The molecule has 9 aromatic carbocycles. The van der Waals surface area contributed by atoms with E-state index in [1.165, 1.54) is 71.6 Å². The number of aromatic nitrogens is 3. The second-order valence-corrected chi connectivity index (χ2v) is 15.9. The van der Waals surface area contributed by atoms with Crippen LogP contribution in [0.15, 0.2) is 200 Å². The van der Waals surface area contributed by atoms with E-state index in [1.54, 1.807) is 0 Å². The molecular formula is C56H33N3. The molecule has 0 fully saturated rings. The molecule has 0 bridgehead atoms. The second kappa shape index (κ2) is 12.1. The van der Waals surface area contributed by atoms with Crippen LogP contribution in [0.5, 0.6) is 0 Å². The van der Waals surface area contributed by atoms with Gasteiger partial charge in [0.2, 0.25) is 0 Å². The van der Waals surface area contributed by atoms with Crippen LogP contribution >= 0.6 is 0 Å². The Morgan fingerprint density at radius 2 is 0.966 bits per heavy atom. The highest BCUT2D eigenvalue weighted by Crippen LogP contribution is 2.64. The summed E-state index contributed by atoms with van der Waals surface area (Å²) in [6, 6.07) is 70.9. The van der Waals surface area contributed by atoms with E-state index >= 15 is 0 Å². The van der Waals surface area contributed by atoms with E-state index in [9.17, 15) is 0 Å². The fourth-order valence-electron chi connectivity index (χ4n) is 10.2. The number of para-hydroxylation sites is 2. The molecule has 272 valence electrons. The molecule has 0 aliphatic heterocycles. The largest absolute Gasteiger partial charge is 0.252 e. The van der Waals surface area contributed by atoms with Gasteiger partial charge in [-0.2, -0.15) is 0 Å². The fourth-order valence-corrected chi connectivity index (χ4v) is 10.2. The number of hydrogen-bond acceptors (Lipinski definition) is 3. The first-order valence-electron chi connectivity index (χ1n) is 20.3. The number of nitrogens with zero attached hydrogens (tertiary/aromatic N) is 3. The minimum Gasteiger partial charge on any atom is -0.252 e. The Bertz CT molecular complexity index is 3520. The van der Waals surface area contributed by atoms with Gasteiger partial charge in [-0.15, -0.1) is 0 Å². The average molecular weight is 748 g/mol. The molecule has 0 saturated carbocycles. The lowest BCUT2D eigenvalue weighted by Gasteiger charge is -2.31. The molecule has 0 atom stereocenters. The molecule has 0 radical (unpaired) electrons. The molecule has 3 heteroatoms. The Morgan fingerprint density at radius 1 is 0.339 bits per heavy atom. The second-order valence-electron chi connectivity index (χ2n) is 15.9. The smallest absolute Gasteiger partial charge is 0.0894 e. The van der Waals surface area contributed by atoms with Crippen molar-refractivity contribution in [3.63, 3.8) is 0 Å². The third-order valence-corrected chi connectivity index (χ3v) is 12.9. The zero-order valence-electron chi connectivity index (χ0n) is 31.9. The van der Waals surface area contributed by atoms with E-state index in [4.69, 9.17) is 9.97 Å². The standard InChI is InChI=1S/C56H33N3/c1-2-12-37-29-39(27-23-34(37)11-1)45-32-48-54(44-16-4-3-13-41(44)45)55-49(56(48)46-17-7-5-14-42(46)43-15-6-8-18-47(43)56)30-40-28-26-38(31-52(40)59-55)35-21-24-36(25-22-35)53-33-57-50-19-9-10-20-51(50)58-53/h1-33H. The molecule has 11 aromatic rings. The molecule has 2 heterocycles. The van der Waals surface area contributed by atoms with Crippen LogP contribution < -0.4 is 0 Å². The molecule has 1 spiro atoms. The van der Waals surface area contributed by atoms with Gasteiger partial charge in [0.15, 0.2) is 0 Å². The highest BCUT2D eigenvalue weighted by atomic mass is 14.8. The molecule has 2 aliphatic rings. The van der Waals surface area contributed by atoms with Gasteiger partial charge in [0.05, 0.1) is 39.5 Å². The zero-order chi connectivity index (χ0) is 38.7. The van der Waals surface area contributed by atoms with Crippen LogP contribution in [0.2, 0.25) is 0 Å². The number of benzene rings is 9. The molecule has 0 saturated heterocycles. The minimum atomic E-state index is -0.533. The van der Waals surface area contributed by atoms with Crippen molar-refractivity contribution in [2.45, 2.75) is 5.41 Å². The van der Waals surface area contributed by atoms with E-state index in [0.29, 0.717) is 0 Å². The first-order chi connectivity index (χ1) is 29.2. The lowest BCUT2D eigenvalue weighted by atomic mass is 9.70. The first kappa shape index (κ1) is 32.3. The van der Waals surface area contributed by atoms with Crippen molar-refractivity contribution < 1.29 is 0 Å². The van der Waals surface area contributed by atoms with Crippen molar-refractivity contribution in [1.82, 2.24) is 15.0 Å². The molecular weight excluding hydrogens is 715 g/mol. The summed E-state index contributed by atoms with van der Waals surface area (Å²) in [6.07, 6.45) is 1.86. The Hall–Kier alpha value is -7.75. The van der Waals surface area contributed by atoms with Gasteiger partial charge in [-0.05, 0) is 114 Å². The normalized spacial score (nSPS) is 13.2. The third kappa shape index (κ3) is 4.56. The van der Waals surface area contributed by atoms with Gasteiger partial charge in [0.1, 0.15) is 0 Å².